The highest BCUT2D eigenvalue weighted by Crippen LogP contribution is 2.34. The van der Waals surface area contributed by atoms with Gasteiger partial charge in [-0.3, -0.25) is 10.1 Å². The van der Waals surface area contributed by atoms with Crippen molar-refractivity contribution in [3.63, 3.8) is 0 Å². The van der Waals surface area contributed by atoms with Gasteiger partial charge in [0.2, 0.25) is 0 Å². The Labute approximate surface area is 178 Å². The van der Waals surface area contributed by atoms with Gasteiger partial charge in [0.05, 0.1) is 32.3 Å². The number of benzene rings is 2. The van der Waals surface area contributed by atoms with Crippen LogP contribution in [0.1, 0.15) is 12.5 Å². The molecule has 0 aliphatic heterocycles. The van der Waals surface area contributed by atoms with E-state index in [9.17, 15) is 10.1 Å². The molecule has 0 aliphatic rings. The minimum absolute atomic E-state index is 0. The molecular weight excluding hydrogens is 436 g/mol. The summed E-state index contributed by atoms with van der Waals surface area (Å²) in [6.45, 7) is 4.19. The van der Waals surface area contributed by atoms with Gasteiger partial charge in [-0.1, -0.05) is 34.8 Å². The predicted octanol–water partition coefficient (Wildman–Crippen LogP) is 5.58. The summed E-state index contributed by atoms with van der Waals surface area (Å²) in [6, 6.07) is 7.94. The van der Waals surface area contributed by atoms with Crippen LogP contribution in [0.5, 0.6) is 5.75 Å². The quantitative estimate of drug-likeness (QED) is 0.294. The number of anilines is 1. The minimum Gasteiger partial charge on any atom is -0.491 e. The zero-order valence-electron chi connectivity index (χ0n) is 14.4. The van der Waals surface area contributed by atoms with Crippen molar-refractivity contribution < 1.29 is 9.66 Å². The molecular formula is C17H19Cl4N3O3. The van der Waals surface area contributed by atoms with Gasteiger partial charge in [0, 0.05) is 31.8 Å². The van der Waals surface area contributed by atoms with Crippen LogP contribution in [0, 0.1) is 10.1 Å². The number of non-ortho nitro benzene ring substituents is 1. The standard InChI is InChI=1S/C17H18Cl3N3O3.ClH/c1-2-26-17-14(19)7-11(8-15(17)20)10-21-5-6-22-16-4-3-12(23(24)25)9-13(16)18;/h3-4,7-9,21-22H,2,5-6,10H2,1H3;1H. The third-order valence-corrected chi connectivity index (χ3v) is 4.33. The van der Waals surface area contributed by atoms with Crippen LogP contribution in [-0.4, -0.2) is 24.6 Å². The Kier molecular flexibility index (Phi) is 9.98. The Balaban J connectivity index is 0.00000364. The van der Waals surface area contributed by atoms with E-state index in [-0.39, 0.29) is 18.1 Å². The Bertz CT molecular complexity index is 767. The lowest BCUT2D eigenvalue weighted by Crippen LogP contribution is -2.21. The van der Waals surface area contributed by atoms with Crippen molar-refractivity contribution in [1.29, 1.82) is 0 Å². The number of nitro groups is 1. The maximum atomic E-state index is 10.7. The lowest BCUT2D eigenvalue weighted by Gasteiger charge is -2.12. The smallest absolute Gasteiger partial charge is 0.271 e. The summed E-state index contributed by atoms with van der Waals surface area (Å²) in [7, 11) is 0. The van der Waals surface area contributed by atoms with Gasteiger partial charge in [0.1, 0.15) is 0 Å². The van der Waals surface area contributed by atoms with Crippen LogP contribution in [0.2, 0.25) is 15.1 Å². The van der Waals surface area contributed by atoms with E-state index in [4.69, 9.17) is 39.5 Å². The minimum atomic E-state index is -0.482. The molecule has 0 unspecified atom stereocenters. The Hall–Kier alpha value is -1.44. The second-order valence-corrected chi connectivity index (χ2v) is 6.57. The third-order valence-electron chi connectivity index (χ3n) is 3.46. The zero-order valence-corrected chi connectivity index (χ0v) is 17.5. The van der Waals surface area contributed by atoms with Crippen LogP contribution >= 0.6 is 47.2 Å². The highest BCUT2D eigenvalue weighted by atomic mass is 35.5. The van der Waals surface area contributed by atoms with E-state index >= 15 is 0 Å². The molecule has 0 aromatic heterocycles. The molecule has 0 aliphatic carbocycles. The average molecular weight is 455 g/mol. The molecule has 0 fully saturated rings. The molecule has 10 heteroatoms. The molecule has 6 nitrogen and oxygen atoms in total. The van der Waals surface area contributed by atoms with E-state index in [1.54, 1.807) is 6.07 Å². The van der Waals surface area contributed by atoms with Gasteiger partial charge >= 0.3 is 0 Å². The fourth-order valence-electron chi connectivity index (χ4n) is 2.28. The van der Waals surface area contributed by atoms with E-state index in [0.717, 1.165) is 5.56 Å². The highest BCUT2D eigenvalue weighted by molar-refractivity contribution is 6.37. The number of nitro benzene ring substituents is 1. The molecule has 0 heterocycles. The maximum Gasteiger partial charge on any atom is 0.271 e. The Morgan fingerprint density at radius 1 is 1.07 bits per heavy atom. The van der Waals surface area contributed by atoms with Crippen LogP contribution in [0.3, 0.4) is 0 Å². The molecule has 0 radical (unpaired) electrons. The monoisotopic (exact) mass is 453 g/mol. The summed E-state index contributed by atoms with van der Waals surface area (Å²) in [5.41, 5.74) is 1.55. The zero-order chi connectivity index (χ0) is 19.1. The number of rotatable bonds is 9. The van der Waals surface area contributed by atoms with Crippen LogP contribution in [0.4, 0.5) is 11.4 Å². The van der Waals surface area contributed by atoms with Gasteiger partial charge in [-0.05, 0) is 30.7 Å². The molecule has 2 aromatic carbocycles. The number of hydrogen-bond donors (Lipinski definition) is 2. The second kappa shape index (κ2) is 11.4. The molecule has 0 spiro atoms. The normalized spacial score (nSPS) is 10.2. The van der Waals surface area contributed by atoms with Crippen molar-refractivity contribution in [2.45, 2.75) is 13.5 Å². The lowest BCUT2D eigenvalue weighted by atomic mass is 10.2. The number of hydrogen-bond acceptors (Lipinski definition) is 5. The van der Waals surface area contributed by atoms with Crippen molar-refractivity contribution in [3.8, 4) is 5.75 Å². The first-order chi connectivity index (χ1) is 12.4. The lowest BCUT2D eigenvalue weighted by molar-refractivity contribution is -0.384. The van der Waals surface area contributed by atoms with E-state index in [0.29, 0.717) is 52.7 Å². The molecule has 2 rings (SSSR count). The average Bonchev–Trinajstić information content (AvgIpc) is 2.59. The maximum absolute atomic E-state index is 10.7. The van der Waals surface area contributed by atoms with Crippen molar-refractivity contribution in [1.82, 2.24) is 5.32 Å². The van der Waals surface area contributed by atoms with Crippen LogP contribution in [0.15, 0.2) is 30.3 Å². The summed E-state index contributed by atoms with van der Waals surface area (Å²) < 4.78 is 5.40. The van der Waals surface area contributed by atoms with E-state index < -0.39 is 4.92 Å². The van der Waals surface area contributed by atoms with Gasteiger partial charge in [-0.15, -0.1) is 12.4 Å². The first kappa shape index (κ1) is 23.6. The summed E-state index contributed by atoms with van der Waals surface area (Å²) >= 11 is 18.4. The molecule has 0 saturated carbocycles. The van der Waals surface area contributed by atoms with Gasteiger partial charge in [-0.2, -0.15) is 0 Å². The first-order valence-corrected chi connectivity index (χ1v) is 9.05. The van der Waals surface area contributed by atoms with Gasteiger partial charge in [0.15, 0.2) is 5.75 Å². The molecule has 0 amide bonds. The number of ether oxygens (including phenoxy) is 1. The highest BCUT2D eigenvalue weighted by Gasteiger charge is 2.10. The van der Waals surface area contributed by atoms with E-state index in [1.807, 2.05) is 19.1 Å². The van der Waals surface area contributed by atoms with Crippen LogP contribution < -0.4 is 15.4 Å². The number of halogens is 4. The molecule has 0 bridgehead atoms. The van der Waals surface area contributed by atoms with Gasteiger partial charge < -0.3 is 15.4 Å². The first-order valence-electron chi connectivity index (χ1n) is 7.91. The van der Waals surface area contributed by atoms with Crippen LogP contribution in [-0.2, 0) is 6.54 Å². The molecule has 2 aromatic rings. The molecule has 27 heavy (non-hydrogen) atoms. The SMILES string of the molecule is CCOc1c(Cl)cc(CNCCNc2ccc([N+](=O)[O-])cc2Cl)cc1Cl.Cl. The fraction of sp³-hybridized carbons (Fsp3) is 0.294. The van der Waals surface area contributed by atoms with Gasteiger partial charge in [-0.25, -0.2) is 0 Å². The van der Waals surface area contributed by atoms with Crippen LogP contribution in [0.25, 0.3) is 0 Å². The number of nitrogens with one attached hydrogen (secondary N) is 2. The largest absolute Gasteiger partial charge is 0.491 e. The second-order valence-electron chi connectivity index (χ2n) is 5.35. The Morgan fingerprint density at radius 3 is 2.30 bits per heavy atom. The van der Waals surface area contributed by atoms with E-state index in [2.05, 4.69) is 10.6 Å². The molecule has 0 atom stereocenters. The summed E-state index contributed by atoms with van der Waals surface area (Å²) in [4.78, 5) is 10.2. The summed E-state index contributed by atoms with van der Waals surface area (Å²) in [5.74, 6) is 0.495. The fourth-order valence-corrected chi connectivity index (χ4v) is 3.16. The summed E-state index contributed by atoms with van der Waals surface area (Å²) in [5, 5.41) is 18.3. The van der Waals surface area contributed by atoms with Crippen molar-refractivity contribution in [2.75, 3.05) is 25.0 Å². The Morgan fingerprint density at radius 2 is 1.74 bits per heavy atom. The van der Waals surface area contributed by atoms with Crippen molar-refractivity contribution in [2.24, 2.45) is 0 Å². The summed E-state index contributed by atoms with van der Waals surface area (Å²) in [6.07, 6.45) is 0. The predicted molar refractivity (Wildman–Crippen MR) is 113 cm³/mol. The van der Waals surface area contributed by atoms with Crippen molar-refractivity contribution in [3.05, 3.63) is 61.1 Å². The van der Waals surface area contributed by atoms with Gasteiger partial charge in [0.25, 0.3) is 5.69 Å². The number of nitrogens with zero attached hydrogens (tertiary/aromatic N) is 1. The molecule has 0 saturated heterocycles. The topological polar surface area (TPSA) is 76.4 Å². The van der Waals surface area contributed by atoms with Crippen molar-refractivity contribution >= 4 is 58.6 Å². The van der Waals surface area contributed by atoms with E-state index in [1.165, 1.54) is 12.1 Å². The molecule has 148 valence electrons. The molecule has 2 N–H and O–H groups in total. The third kappa shape index (κ3) is 6.90.